The van der Waals surface area contributed by atoms with Crippen LogP contribution in [0.5, 0.6) is 0 Å². The van der Waals surface area contributed by atoms with Crippen LogP contribution in [0.15, 0.2) is 237 Å². The number of benzene rings is 5. The fourth-order valence-electron chi connectivity index (χ4n) is 15.5. The predicted molar refractivity (Wildman–Crippen MR) is 321 cm³/mol. The van der Waals surface area contributed by atoms with E-state index in [0.717, 1.165) is 50.8 Å². The van der Waals surface area contributed by atoms with Gasteiger partial charge in [0.2, 0.25) is 0 Å². The van der Waals surface area contributed by atoms with Crippen LogP contribution < -0.4 is 26.2 Å². The summed E-state index contributed by atoms with van der Waals surface area (Å²) in [6, 6.07) is 50.4. The molecule has 10 unspecified atom stereocenters. The lowest BCUT2D eigenvalue weighted by molar-refractivity contribution is 0.440. The molecule has 0 radical (unpaired) electrons. The Morgan fingerprint density at radius 2 is 1.49 bits per heavy atom. The van der Waals surface area contributed by atoms with Gasteiger partial charge in [0.25, 0.3) is 0 Å². The Kier molecular flexibility index (Phi) is 11.4. The van der Waals surface area contributed by atoms with Crippen molar-refractivity contribution >= 4 is 52.0 Å². The number of anilines is 3. The molecule has 5 heterocycles. The standard InChI is InChI=1S/C69H64N6S2/c70-54-40-58-63(50-26-14-16-28-56(50)75(58)47-23-11-4-12-24-47)65-53-39-45(31-35-60(53)77-66(54)65)48-32-29-43(37-51(48)69-72-67(41-17-5-1-6-18-41)71-68(73-69)42-19-7-2-8-20-42)44-30-34-59-52(38-44)64-61(76-59)36-33-57-62(64)49-25-13-15-27-55(49)74(57)46-21-9-3-10-22-46/h1,3-7,9-13,15,17-27,29,31-33,35-38,45,53-54,56-57,60-62,64,67-68,71H,2,8,14,16,28,30,34,39-40,70H2,(H,72,73)/t45?,53?,54-,56?,57?,60?,61?,62?,64?,67?,68?/m1/s1. The summed E-state index contributed by atoms with van der Waals surface area (Å²) >= 11 is 4.20. The Labute approximate surface area is 462 Å². The number of nitrogens with zero attached hydrogens (tertiary/aromatic N) is 3. The van der Waals surface area contributed by atoms with Crippen LogP contribution >= 0.6 is 23.5 Å². The third kappa shape index (κ3) is 7.63. The molecular formula is C69H64N6S2. The number of fused-ring (bicyclic) bond motifs is 11. The molecule has 0 saturated carbocycles. The van der Waals surface area contributed by atoms with Gasteiger partial charge in [-0.1, -0.05) is 152 Å². The van der Waals surface area contributed by atoms with Crippen LogP contribution in [0.3, 0.4) is 0 Å². The van der Waals surface area contributed by atoms with E-state index in [0.29, 0.717) is 34.3 Å². The fourth-order valence-corrected chi connectivity index (χ4v) is 18.5. The Morgan fingerprint density at radius 3 is 2.32 bits per heavy atom. The lowest BCUT2D eigenvalue weighted by Crippen LogP contribution is -2.52. The number of nitrogens with one attached hydrogen (secondary N) is 2. The van der Waals surface area contributed by atoms with Crippen molar-refractivity contribution < 1.29 is 0 Å². The van der Waals surface area contributed by atoms with E-state index in [4.69, 9.17) is 10.7 Å². The van der Waals surface area contributed by atoms with E-state index in [1.165, 1.54) is 85.0 Å². The smallest absolute Gasteiger partial charge is 0.132 e. The molecule has 5 aliphatic heterocycles. The molecule has 5 aromatic rings. The number of aliphatic imine (C=N–C) groups is 1. The lowest BCUT2D eigenvalue weighted by Gasteiger charge is -2.37. The largest absolute Gasteiger partial charge is 0.350 e. The predicted octanol–water partition coefficient (Wildman–Crippen LogP) is 15.0. The molecule has 4 N–H and O–H groups in total. The van der Waals surface area contributed by atoms with Crippen molar-refractivity contribution in [3.05, 3.63) is 259 Å². The summed E-state index contributed by atoms with van der Waals surface area (Å²) in [5.41, 5.74) is 28.2. The van der Waals surface area contributed by atoms with Crippen molar-refractivity contribution in [1.82, 2.24) is 10.6 Å². The Morgan fingerprint density at radius 1 is 0.701 bits per heavy atom. The molecule has 6 aliphatic carbocycles. The zero-order valence-corrected chi connectivity index (χ0v) is 45.0. The Bertz CT molecular complexity index is 3560. The topological polar surface area (TPSA) is 68.9 Å². The van der Waals surface area contributed by atoms with Crippen LogP contribution in [0.1, 0.15) is 104 Å². The summed E-state index contributed by atoms with van der Waals surface area (Å²) in [5, 5.41) is 8.80. The number of rotatable bonds is 7. The van der Waals surface area contributed by atoms with Gasteiger partial charge in [-0.15, -0.1) is 23.5 Å². The average molecular weight is 1040 g/mol. The van der Waals surface area contributed by atoms with Crippen molar-refractivity contribution in [3.63, 3.8) is 0 Å². The van der Waals surface area contributed by atoms with Crippen molar-refractivity contribution in [2.24, 2.45) is 22.6 Å². The highest BCUT2D eigenvalue weighted by Crippen LogP contribution is 2.63. The van der Waals surface area contributed by atoms with Gasteiger partial charge in [-0.05, 0) is 143 Å². The van der Waals surface area contributed by atoms with Crippen LogP contribution in [0.4, 0.5) is 17.1 Å². The van der Waals surface area contributed by atoms with Gasteiger partial charge < -0.3 is 20.9 Å². The van der Waals surface area contributed by atoms with E-state index < -0.39 is 0 Å². The van der Waals surface area contributed by atoms with Gasteiger partial charge in [-0.2, -0.15) is 0 Å². The highest BCUT2D eigenvalue weighted by atomic mass is 32.2. The summed E-state index contributed by atoms with van der Waals surface area (Å²) in [5.74, 6) is 2.31. The molecule has 6 nitrogen and oxygen atoms in total. The van der Waals surface area contributed by atoms with E-state index in [1.807, 2.05) is 0 Å². The number of nitrogens with two attached hydrogens (primary N) is 1. The van der Waals surface area contributed by atoms with Crippen molar-refractivity contribution in [2.75, 3.05) is 9.80 Å². The van der Waals surface area contributed by atoms with Gasteiger partial charge in [0.1, 0.15) is 18.2 Å². The molecule has 77 heavy (non-hydrogen) atoms. The number of hydrogen-bond donors (Lipinski definition) is 3. The summed E-state index contributed by atoms with van der Waals surface area (Å²) < 4.78 is 0. The number of thioether (sulfide) groups is 2. The van der Waals surface area contributed by atoms with Gasteiger partial charge in [-0.25, -0.2) is 4.99 Å². The minimum atomic E-state index is -0.206. The van der Waals surface area contributed by atoms with E-state index in [1.54, 1.807) is 21.6 Å². The first kappa shape index (κ1) is 46.5. The van der Waals surface area contributed by atoms with Gasteiger partial charge in [0, 0.05) is 85.4 Å². The minimum Gasteiger partial charge on any atom is -0.350 e. The third-order valence-corrected chi connectivity index (χ3v) is 21.8. The number of allylic oxidation sites excluding steroid dienone is 9. The quantitative estimate of drug-likeness (QED) is 0.140. The molecule has 8 heteroatoms. The van der Waals surface area contributed by atoms with Crippen LogP contribution in [-0.2, 0) is 0 Å². The first-order chi connectivity index (χ1) is 38.1. The molecule has 0 spiro atoms. The summed E-state index contributed by atoms with van der Waals surface area (Å²) in [7, 11) is 0. The van der Waals surface area contributed by atoms with Gasteiger partial charge in [-0.3, -0.25) is 5.32 Å². The highest BCUT2D eigenvalue weighted by molar-refractivity contribution is 8.04. The maximum absolute atomic E-state index is 7.36. The van der Waals surface area contributed by atoms with Crippen molar-refractivity contribution in [2.45, 2.75) is 111 Å². The maximum Gasteiger partial charge on any atom is 0.132 e. The number of para-hydroxylation sites is 3. The Balaban J connectivity index is 0.799. The molecule has 0 bridgehead atoms. The molecule has 11 atom stereocenters. The summed E-state index contributed by atoms with van der Waals surface area (Å²) in [6.45, 7) is 0. The summed E-state index contributed by atoms with van der Waals surface area (Å²) in [6.07, 6.45) is 31.9. The van der Waals surface area contributed by atoms with Crippen LogP contribution in [0, 0.1) is 11.8 Å². The van der Waals surface area contributed by atoms with Gasteiger partial charge >= 0.3 is 0 Å². The molecule has 16 rings (SSSR count). The highest BCUT2D eigenvalue weighted by Gasteiger charge is 2.52. The molecule has 0 amide bonds. The van der Waals surface area contributed by atoms with Crippen molar-refractivity contribution in [3.8, 4) is 0 Å². The first-order valence-corrected chi connectivity index (χ1v) is 30.4. The fraction of sp³-hybridized carbons (Fsp3) is 0.290. The second-order valence-corrected chi connectivity index (χ2v) is 25.5. The van der Waals surface area contributed by atoms with Crippen LogP contribution in [0.25, 0.3) is 5.57 Å². The van der Waals surface area contributed by atoms with E-state index >= 15 is 0 Å². The minimum absolute atomic E-state index is 0.00553. The number of amidine groups is 1. The van der Waals surface area contributed by atoms with E-state index in [2.05, 4.69) is 232 Å². The molecule has 11 aliphatic rings. The second-order valence-electron chi connectivity index (χ2n) is 23.0. The summed E-state index contributed by atoms with van der Waals surface area (Å²) in [4.78, 5) is 14.0. The third-order valence-electron chi connectivity index (χ3n) is 18.8. The number of hydrogen-bond acceptors (Lipinski definition) is 8. The average Bonchev–Trinajstić information content (AvgIpc) is 4.42. The van der Waals surface area contributed by atoms with Crippen molar-refractivity contribution in [1.29, 1.82) is 0 Å². The zero-order chi connectivity index (χ0) is 50.7. The van der Waals surface area contributed by atoms with Crippen LogP contribution in [-0.4, -0.2) is 40.6 Å². The molecule has 0 fully saturated rings. The zero-order valence-electron chi connectivity index (χ0n) is 43.3. The van der Waals surface area contributed by atoms with Gasteiger partial charge in [0.15, 0.2) is 0 Å². The lowest BCUT2D eigenvalue weighted by atomic mass is 9.71. The molecule has 382 valence electrons. The molecule has 5 aromatic carbocycles. The SMILES string of the molecule is N[C@@H]1CC2=C(C3=CCCCC3N2c2ccccc2)C2=C1SC1C=CC(c3ccc(C4=CC5=C(CC4)SC4C=CC6C(c7ccccc7N6c6ccccc6)C54)cc3C3=NC(c4ccccc4)NC(C4=CCCC=C4)N3)CC21. The normalized spacial score (nSPS) is 31.3. The van der Waals surface area contributed by atoms with E-state index in [-0.39, 0.29) is 30.3 Å². The molecule has 0 aromatic heterocycles. The second kappa shape index (κ2) is 18.8. The van der Waals surface area contributed by atoms with Gasteiger partial charge in [0.05, 0.1) is 12.1 Å². The Hall–Kier alpha value is -6.55. The first-order valence-electron chi connectivity index (χ1n) is 28.6. The molecule has 0 saturated heterocycles. The van der Waals surface area contributed by atoms with Crippen LogP contribution in [0.2, 0.25) is 0 Å². The molecular weight excluding hydrogens is 977 g/mol. The monoisotopic (exact) mass is 1040 g/mol. The van der Waals surface area contributed by atoms with E-state index in [9.17, 15) is 0 Å². The maximum atomic E-state index is 7.36.